The Kier molecular flexibility index (Phi) is 4.53. The highest BCUT2D eigenvalue weighted by Crippen LogP contribution is 2.48. The lowest BCUT2D eigenvalue weighted by Gasteiger charge is -2.14. The number of benzene rings is 7. The van der Waals surface area contributed by atoms with E-state index in [4.69, 9.17) is 0 Å². The molecule has 1 N–H and O–H groups in total. The highest BCUT2D eigenvalue weighted by atomic mass is 15.0. The Bertz CT molecular complexity index is 2780. The number of aromatic amines is 1. The second kappa shape index (κ2) is 8.40. The molecule has 0 aliphatic carbocycles. The first kappa shape index (κ1) is 23.7. The van der Waals surface area contributed by atoms with E-state index in [1.54, 1.807) is 0 Å². The molecule has 0 spiro atoms. The Morgan fingerprint density at radius 3 is 2.20 bits per heavy atom. The van der Waals surface area contributed by atoms with E-state index in [-0.39, 0.29) is 0 Å². The summed E-state index contributed by atoms with van der Waals surface area (Å²) in [6.45, 7) is 6.33. The fourth-order valence-electron chi connectivity index (χ4n) is 7.89. The number of fused-ring (bicyclic) bond motifs is 7. The molecule has 0 amide bonds. The lowest BCUT2D eigenvalue weighted by Crippen LogP contribution is -1.99. The monoisotopic (exact) mass is 561 g/mol. The van der Waals surface area contributed by atoms with Gasteiger partial charge in [0.2, 0.25) is 0 Å². The van der Waals surface area contributed by atoms with E-state index in [0.29, 0.717) is 0 Å². The minimum Gasteiger partial charge on any atom is -0.358 e. The molecule has 0 unspecified atom stereocenters. The maximum Gasteiger partial charge on any atom is 0.0795 e. The fraction of sp³-hybridized carbons (Fsp3) is 0.0244. The van der Waals surface area contributed by atoms with Crippen molar-refractivity contribution >= 4 is 82.1 Å². The topological polar surface area (TPSA) is 25.6 Å². The molecular weight excluding hydrogens is 534 g/mol. The summed E-state index contributed by atoms with van der Waals surface area (Å²) in [5.41, 5.74) is 10.7. The van der Waals surface area contributed by atoms with E-state index in [0.717, 1.165) is 16.9 Å². The largest absolute Gasteiger partial charge is 0.358 e. The summed E-state index contributed by atoms with van der Waals surface area (Å²) in [4.78, 5) is 3.72. The minimum absolute atomic E-state index is 1.14. The lowest BCUT2D eigenvalue weighted by molar-refractivity contribution is 1.16. The molecule has 0 bridgehead atoms. The highest BCUT2D eigenvalue weighted by molar-refractivity contribution is 6.35. The number of nitrogens with one attached hydrogen (secondary N) is 1. The predicted octanol–water partition coefficient (Wildman–Crippen LogP) is 11.1. The Balaban J connectivity index is 1.56. The van der Waals surface area contributed by atoms with Gasteiger partial charge in [0.1, 0.15) is 0 Å². The van der Waals surface area contributed by atoms with Crippen molar-refractivity contribution in [2.24, 2.45) is 0 Å². The van der Waals surface area contributed by atoms with Gasteiger partial charge >= 0.3 is 0 Å². The van der Waals surface area contributed by atoms with Crippen molar-refractivity contribution in [3.63, 3.8) is 0 Å². The zero-order valence-corrected chi connectivity index (χ0v) is 24.2. The second-order valence-corrected chi connectivity index (χ2v) is 11.9. The summed E-state index contributed by atoms with van der Waals surface area (Å²) in [7, 11) is 0. The highest BCUT2D eigenvalue weighted by Gasteiger charge is 2.26. The van der Waals surface area contributed by atoms with E-state index < -0.39 is 0 Å². The summed E-state index contributed by atoms with van der Waals surface area (Å²) in [5, 5.41) is 11.3. The van der Waals surface area contributed by atoms with Gasteiger partial charge in [0.15, 0.2) is 0 Å². The van der Waals surface area contributed by atoms with Crippen molar-refractivity contribution in [1.29, 1.82) is 0 Å². The molecule has 3 aromatic heterocycles. The lowest BCUT2D eigenvalue weighted by atomic mass is 9.97. The van der Waals surface area contributed by atoms with Gasteiger partial charge in [-0.25, -0.2) is 0 Å². The molecule has 0 atom stereocenters. The van der Waals surface area contributed by atoms with E-state index >= 15 is 0 Å². The maximum absolute atomic E-state index is 4.19. The number of hydrogen-bond donors (Lipinski definition) is 1. The van der Waals surface area contributed by atoms with Crippen molar-refractivity contribution in [1.82, 2.24) is 14.1 Å². The summed E-state index contributed by atoms with van der Waals surface area (Å²) in [6.07, 6.45) is 1.99. The van der Waals surface area contributed by atoms with Crippen molar-refractivity contribution in [3.8, 4) is 11.4 Å². The SMILES string of the molecule is C=Cc1c(C)[nH]c2c1cc1c3c2ccc2cc4c5ccccc5n(-c5ccccc5)c4c(c23)n1-c1cccc2ccccc12. The molecule has 44 heavy (non-hydrogen) atoms. The number of H-pyrrole nitrogens is 1. The smallest absolute Gasteiger partial charge is 0.0795 e. The van der Waals surface area contributed by atoms with E-state index in [2.05, 4.69) is 149 Å². The quantitative estimate of drug-likeness (QED) is 0.208. The summed E-state index contributed by atoms with van der Waals surface area (Å²) in [5.74, 6) is 0. The van der Waals surface area contributed by atoms with Crippen LogP contribution in [0.5, 0.6) is 0 Å². The van der Waals surface area contributed by atoms with Gasteiger partial charge in [0.05, 0.1) is 33.3 Å². The number of aryl methyl sites for hydroxylation is 1. The molecule has 206 valence electrons. The summed E-state index contributed by atoms with van der Waals surface area (Å²) < 4.78 is 5.01. The van der Waals surface area contributed by atoms with Crippen LogP contribution in [0, 0.1) is 6.92 Å². The van der Waals surface area contributed by atoms with Gasteiger partial charge in [-0.2, -0.15) is 0 Å². The van der Waals surface area contributed by atoms with E-state index in [1.165, 1.54) is 81.7 Å². The normalized spacial score (nSPS) is 12.3. The third-order valence-electron chi connectivity index (χ3n) is 9.69. The van der Waals surface area contributed by atoms with Gasteiger partial charge in [-0.15, -0.1) is 0 Å². The molecule has 0 fully saturated rings. The van der Waals surface area contributed by atoms with Crippen molar-refractivity contribution in [3.05, 3.63) is 139 Å². The van der Waals surface area contributed by atoms with Gasteiger partial charge < -0.3 is 14.1 Å². The summed E-state index contributed by atoms with van der Waals surface area (Å²) >= 11 is 0. The average Bonchev–Trinajstić information content (AvgIpc) is 3.70. The summed E-state index contributed by atoms with van der Waals surface area (Å²) in [6, 6.07) is 44.5. The number of hydrogen-bond acceptors (Lipinski definition) is 0. The molecular formula is C41H27N3. The standard InChI is InChI=1S/C41H27N3/c1-3-28-24(2)42-39-31-21-20-26-22-33-30-17-9-10-18-35(30)43(27-14-5-4-6-15-27)40(33)41-37(26)38(31)36(23-32(28)39)44(41)34-19-11-13-25-12-7-8-16-29(25)34/h3-23,42H,1H2,2H3. The minimum atomic E-state index is 1.14. The van der Waals surface area contributed by atoms with Crippen LogP contribution in [-0.4, -0.2) is 14.1 Å². The molecule has 0 aliphatic rings. The number of para-hydroxylation sites is 2. The maximum atomic E-state index is 4.19. The predicted molar refractivity (Wildman–Crippen MR) is 188 cm³/mol. The van der Waals surface area contributed by atoms with Crippen LogP contribution >= 0.6 is 0 Å². The third-order valence-corrected chi connectivity index (χ3v) is 9.69. The Morgan fingerprint density at radius 1 is 0.568 bits per heavy atom. The molecule has 3 heteroatoms. The molecule has 10 rings (SSSR count). The molecule has 0 saturated carbocycles. The molecule has 10 aromatic rings. The fourth-order valence-corrected chi connectivity index (χ4v) is 7.89. The van der Waals surface area contributed by atoms with Crippen molar-refractivity contribution in [2.75, 3.05) is 0 Å². The van der Waals surface area contributed by atoms with Crippen LogP contribution < -0.4 is 0 Å². The van der Waals surface area contributed by atoms with Crippen LogP contribution in [0.4, 0.5) is 0 Å². The van der Waals surface area contributed by atoms with Crippen LogP contribution in [0.2, 0.25) is 0 Å². The first-order chi connectivity index (χ1) is 21.7. The molecule has 3 heterocycles. The molecule has 3 nitrogen and oxygen atoms in total. The van der Waals surface area contributed by atoms with Gasteiger partial charge in [0.25, 0.3) is 0 Å². The van der Waals surface area contributed by atoms with Gasteiger partial charge in [0, 0.05) is 54.6 Å². The Labute approximate surface area is 253 Å². The Hall–Kier alpha value is -5.80. The van der Waals surface area contributed by atoms with Gasteiger partial charge in [-0.05, 0) is 54.1 Å². The second-order valence-electron chi connectivity index (χ2n) is 11.9. The molecule has 0 radical (unpaired) electrons. The van der Waals surface area contributed by atoms with Crippen molar-refractivity contribution in [2.45, 2.75) is 6.92 Å². The first-order valence-electron chi connectivity index (χ1n) is 15.2. The first-order valence-corrected chi connectivity index (χ1v) is 15.2. The van der Waals surface area contributed by atoms with Crippen LogP contribution in [0.3, 0.4) is 0 Å². The van der Waals surface area contributed by atoms with Crippen LogP contribution in [0.25, 0.3) is 93.5 Å². The Morgan fingerprint density at radius 2 is 1.34 bits per heavy atom. The number of aromatic nitrogens is 3. The van der Waals surface area contributed by atoms with Crippen molar-refractivity contribution < 1.29 is 0 Å². The number of nitrogens with zero attached hydrogens (tertiary/aromatic N) is 2. The average molecular weight is 562 g/mol. The van der Waals surface area contributed by atoms with Crippen LogP contribution in [0.1, 0.15) is 11.3 Å². The van der Waals surface area contributed by atoms with Gasteiger partial charge in [-0.3, -0.25) is 0 Å². The van der Waals surface area contributed by atoms with Crippen LogP contribution in [0.15, 0.2) is 128 Å². The van der Waals surface area contributed by atoms with E-state index in [1.807, 2.05) is 6.08 Å². The van der Waals surface area contributed by atoms with E-state index in [9.17, 15) is 0 Å². The number of rotatable bonds is 3. The molecule has 0 aliphatic heterocycles. The molecule has 7 aromatic carbocycles. The zero-order valence-electron chi connectivity index (χ0n) is 24.2. The van der Waals surface area contributed by atoms with Crippen LogP contribution in [-0.2, 0) is 0 Å². The third kappa shape index (κ3) is 2.86. The molecule has 0 saturated heterocycles. The van der Waals surface area contributed by atoms with Gasteiger partial charge in [-0.1, -0.05) is 97.6 Å². The zero-order chi connectivity index (χ0) is 29.1.